The van der Waals surface area contributed by atoms with Crippen LogP contribution < -0.4 is 11.1 Å². The first kappa shape index (κ1) is 15.9. The smallest absolute Gasteiger partial charge is 0.161 e. The lowest BCUT2D eigenvalue weighted by Crippen LogP contribution is -2.12. The van der Waals surface area contributed by atoms with E-state index in [9.17, 15) is 8.78 Å². The van der Waals surface area contributed by atoms with Gasteiger partial charge in [-0.2, -0.15) is 0 Å². The molecule has 2 nitrogen and oxygen atoms in total. The van der Waals surface area contributed by atoms with Crippen LogP contribution >= 0.6 is 28.1 Å². The third-order valence-corrected chi connectivity index (χ3v) is 3.96. The van der Waals surface area contributed by atoms with Crippen molar-refractivity contribution in [1.29, 1.82) is 0 Å². The number of halogens is 3. The SMILES string of the molecule is NC(=S)c1ccc(NCCc2cccc(F)c2)c(F)c1Br. The predicted octanol–water partition coefficient (Wildman–Crippen LogP) is 4.02. The van der Waals surface area contributed by atoms with E-state index in [0.29, 0.717) is 24.2 Å². The Kier molecular flexibility index (Phi) is 5.25. The minimum Gasteiger partial charge on any atom is -0.389 e. The van der Waals surface area contributed by atoms with Gasteiger partial charge in [0, 0.05) is 12.1 Å². The highest BCUT2D eigenvalue weighted by Crippen LogP contribution is 2.27. The molecule has 110 valence electrons. The van der Waals surface area contributed by atoms with Crippen molar-refractivity contribution in [1.82, 2.24) is 0 Å². The Bertz CT molecular complexity index is 677. The van der Waals surface area contributed by atoms with Crippen LogP contribution in [-0.4, -0.2) is 11.5 Å². The topological polar surface area (TPSA) is 38.0 Å². The van der Waals surface area contributed by atoms with Gasteiger partial charge in [-0.1, -0.05) is 24.4 Å². The van der Waals surface area contributed by atoms with Gasteiger partial charge in [0.15, 0.2) is 5.82 Å². The highest BCUT2D eigenvalue weighted by Gasteiger charge is 2.12. The molecule has 0 aliphatic carbocycles. The molecule has 2 aromatic rings. The fourth-order valence-electron chi connectivity index (χ4n) is 1.91. The third kappa shape index (κ3) is 3.98. The normalized spacial score (nSPS) is 10.4. The predicted molar refractivity (Wildman–Crippen MR) is 88.6 cm³/mol. The lowest BCUT2D eigenvalue weighted by molar-refractivity contribution is 0.622. The molecule has 21 heavy (non-hydrogen) atoms. The minimum absolute atomic E-state index is 0.132. The van der Waals surface area contributed by atoms with Crippen LogP contribution in [0.3, 0.4) is 0 Å². The number of benzene rings is 2. The summed E-state index contributed by atoms with van der Waals surface area (Å²) >= 11 is 7.99. The van der Waals surface area contributed by atoms with E-state index in [-0.39, 0.29) is 15.3 Å². The second-order valence-corrected chi connectivity index (χ2v) is 5.69. The molecular weight excluding hydrogens is 358 g/mol. The minimum atomic E-state index is -0.445. The summed E-state index contributed by atoms with van der Waals surface area (Å²) in [5.41, 5.74) is 7.15. The zero-order valence-electron chi connectivity index (χ0n) is 11.0. The Morgan fingerprint density at radius 3 is 2.67 bits per heavy atom. The Balaban J connectivity index is 2.04. The fraction of sp³-hybridized carbons (Fsp3) is 0.133. The summed E-state index contributed by atoms with van der Waals surface area (Å²) in [6, 6.07) is 9.57. The van der Waals surface area contributed by atoms with Gasteiger partial charge in [0.1, 0.15) is 10.8 Å². The average Bonchev–Trinajstić information content (AvgIpc) is 2.43. The van der Waals surface area contributed by atoms with E-state index >= 15 is 0 Å². The number of hydrogen-bond donors (Lipinski definition) is 2. The second-order valence-electron chi connectivity index (χ2n) is 4.46. The summed E-state index contributed by atoms with van der Waals surface area (Å²) in [6.45, 7) is 0.485. The lowest BCUT2D eigenvalue weighted by atomic mass is 10.1. The van der Waals surface area contributed by atoms with Crippen molar-refractivity contribution in [3.63, 3.8) is 0 Å². The van der Waals surface area contributed by atoms with Gasteiger partial charge in [-0.3, -0.25) is 0 Å². The number of nitrogens with one attached hydrogen (secondary N) is 1. The first-order valence-corrected chi connectivity index (χ1v) is 7.45. The van der Waals surface area contributed by atoms with Crippen LogP contribution in [0.2, 0.25) is 0 Å². The van der Waals surface area contributed by atoms with Crippen molar-refractivity contribution < 1.29 is 8.78 Å². The van der Waals surface area contributed by atoms with Gasteiger partial charge in [0.05, 0.1) is 10.2 Å². The summed E-state index contributed by atoms with van der Waals surface area (Å²) in [5, 5.41) is 2.98. The van der Waals surface area contributed by atoms with Gasteiger partial charge < -0.3 is 11.1 Å². The first-order valence-electron chi connectivity index (χ1n) is 6.25. The maximum Gasteiger partial charge on any atom is 0.161 e. The van der Waals surface area contributed by atoms with Gasteiger partial charge in [-0.25, -0.2) is 8.78 Å². The van der Waals surface area contributed by atoms with Crippen molar-refractivity contribution in [3.8, 4) is 0 Å². The summed E-state index contributed by atoms with van der Waals surface area (Å²) < 4.78 is 27.4. The highest BCUT2D eigenvalue weighted by molar-refractivity contribution is 9.10. The Labute approximate surface area is 135 Å². The lowest BCUT2D eigenvalue weighted by Gasteiger charge is -2.11. The van der Waals surface area contributed by atoms with Crippen molar-refractivity contribution in [3.05, 3.63) is 63.6 Å². The summed E-state index contributed by atoms with van der Waals surface area (Å²) in [5.74, 6) is -0.721. The molecule has 0 aliphatic heterocycles. The number of anilines is 1. The van der Waals surface area contributed by atoms with Crippen molar-refractivity contribution in [2.75, 3.05) is 11.9 Å². The number of nitrogens with two attached hydrogens (primary N) is 1. The van der Waals surface area contributed by atoms with Gasteiger partial charge in [-0.15, -0.1) is 0 Å². The molecule has 6 heteroatoms. The molecule has 0 bridgehead atoms. The Hall–Kier alpha value is -1.53. The molecule has 0 fully saturated rings. The van der Waals surface area contributed by atoms with Crippen molar-refractivity contribution >= 4 is 38.8 Å². The number of rotatable bonds is 5. The molecule has 2 aromatic carbocycles. The van der Waals surface area contributed by atoms with Crippen molar-refractivity contribution in [2.24, 2.45) is 5.73 Å². The van der Waals surface area contributed by atoms with E-state index in [0.717, 1.165) is 5.56 Å². The molecule has 0 atom stereocenters. The zero-order chi connectivity index (χ0) is 15.4. The molecule has 0 aliphatic rings. The molecule has 0 saturated carbocycles. The summed E-state index contributed by atoms with van der Waals surface area (Å²) in [4.78, 5) is 0.132. The molecular formula is C15H13BrF2N2S. The van der Waals surface area contributed by atoms with Crippen LogP contribution in [0.1, 0.15) is 11.1 Å². The van der Waals surface area contributed by atoms with E-state index in [4.69, 9.17) is 18.0 Å². The number of hydrogen-bond acceptors (Lipinski definition) is 2. The highest BCUT2D eigenvalue weighted by atomic mass is 79.9. The van der Waals surface area contributed by atoms with E-state index in [1.807, 2.05) is 6.07 Å². The van der Waals surface area contributed by atoms with Crippen LogP contribution in [0.5, 0.6) is 0 Å². The van der Waals surface area contributed by atoms with Gasteiger partial charge in [-0.05, 0) is 52.2 Å². The molecule has 2 rings (SSSR count). The van der Waals surface area contributed by atoms with Crippen LogP contribution in [0.25, 0.3) is 0 Å². The monoisotopic (exact) mass is 370 g/mol. The Morgan fingerprint density at radius 2 is 2.00 bits per heavy atom. The molecule has 3 N–H and O–H groups in total. The van der Waals surface area contributed by atoms with Gasteiger partial charge >= 0.3 is 0 Å². The van der Waals surface area contributed by atoms with Gasteiger partial charge in [0.2, 0.25) is 0 Å². The average molecular weight is 371 g/mol. The first-order chi connectivity index (χ1) is 9.99. The molecule has 0 saturated heterocycles. The van der Waals surface area contributed by atoms with E-state index < -0.39 is 5.82 Å². The van der Waals surface area contributed by atoms with E-state index in [2.05, 4.69) is 21.2 Å². The summed E-state index contributed by atoms with van der Waals surface area (Å²) in [7, 11) is 0. The fourth-order valence-corrected chi connectivity index (χ4v) is 2.77. The Morgan fingerprint density at radius 1 is 1.24 bits per heavy atom. The standard InChI is InChI=1S/C15H13BrF2N2S/c16-13-11(15(19)21)4-5-12(14(13)18)20-7-6-9-2-1-3-10(17)8-9/h1-5,8,20H,6-7H2,(H2,19,21). The molecule has 0 amide bonds. The zero-order valence-corrected chi connectivity index (χ0v) is 13.4. The number of thiocarbonyl (C=S) groups is 1. The van der Waals surface area contributed by atoms with Crippen LogP contribution in [-0.2, 0) is 6.42 Å². The van der Waals surface area contributed by atoms with Crippen LogP contribution in [0.4, 0.5) is 14.5 Å². The second kappa shape index (κ2) is 6.95. The molecule has 0 unspecified atom stereocenters. The maximum atomic E-state index is 14.1. The van der Waals surface area contributed by atoms with Crippen molar-refractivity contribution in [2.45, 2.75) is 6.42 Å². The summed E-state index contributed by atoms with van der Waals surface area (Å²) in [6.07, 6.45) is 0.589. The van der Waals surface area contributed by atoms with E-state index in [1.54, 1.807) is 18.2 Å². The molecule has 0 radical (unpaired) electrons. The molecule has 0 heterocycles. The largest absolute Gasteiger partial charge is 0.389 e. The van der Waals surface area contributed by atoms with Crippen LogP contribution in [0, 0.1) is 11.6 Å². The van der Waals surface area contributed by atoms with Gasteiger partial charge in [0.25, 0.3) is 0 Å². The maximum absolute atomic E-state index is 14.1. The van der Waals surface area contributed by atoms with E-state index in [1.165, 1.54) is 12.1 Å². The third-order valence-electron chi connectivity index (χ3n) is 2.97. The van der Waals surface area contributed by atoms with Crippen LogP contribution in [0.15, 0.2) is 40.9 Å². The molecule has 0 aromatic heterocycles. The quantitative estimate of drug-likeness (QED) is 0.780. The molecule has 0 spiro atoms.